The molecule has 1 aromatic rings. The van der Waals surface area contributed by atoms with Crippen molar-refractivity contribution >= 4 is 61.6 Å². The van der Waals surface area contributed by atoms with Gasteiger partial charge in [-0.1, -0.05) is 10.3 Å². The van der Waals surface area contributed by atoms with Crippen LogP contribution in [-0.4, -0.2) is 77.7 Å². The Morgan fingerprint density at radius 1 is 1.50 bits per heavy atom. The Balaban J connectivity index is 0.00000408. The van der Waals surface area contributed by atoms with Gasteiger partial charge in [-0.3, -0.25) is 14.5 Å². The molecule has 2 amide bonds. The van der Waals surface area contributed by atoms with E-state index in [2.05, 4.69) is 30.3 Å². The zero-order valence-corrected chi connectivity index (χ0v) is 22.1. The molecule has 0 spiro atoms. The van der Waals surface area contributed by atoms with Crippen molar-refractivity contribution in [2.75, 3.05) is 30.2 Å². The summed E-state index contributed by atoms with van der Waals surface area (Å²) in [5, 5.41) is 21.6. The topological polar surface area (TPSA) is 233 Å². The van der Waals surface area contributed by atoms with Gasteiger partial charge >= 0.3 is 29.6 Å². The van der Waals surface area contributed by atoms with Crippen LogP contribution in [0.15, 0.2) is 26.9 Å². The maximum atomic E-state index is 12.7. The molecule has 2 aliphatic rings. The van der Waals surface area contributed by atoms with Gasteiger partial charge in [0.25, 0.3) is 11.8 Å². The van der Waals surface area contributed by atoms with E-state index in [0.717, 1.165) is 28.0 Å². The van der Waals surface area contributed by atoms with Crippen molar-refractivity contribution in [1.29, 1.82) is 0 Å². The maximum Gasteiger partial charge on any atom is 1.00 e. The molecular formula is C15H15N8NaO7S3. The number of nitrogens with zero attached hydrogens (tertiary/aromatic N) is 6. The van der Waals surface area contributed by atoms with Crippen LogP contribution >= 0.6 is 23.1 Å². The molecule has 1 saturated heterocycles. The van der Waals surface area contributed by atoms with Crippen LogP contribution in [0.2, 0.25) is 0 Å². The predicted octanol–water partition coefficient (Wildman–Crippen LogP) is -4.83. The van der Waals surface area contributed by atoms with Crippen molar-refractivity contribution in [2.45, 2.75) is 11.4 Å². The molecule has 2 aliphatic heterocycles. The van der Waals surface area contributed by atoms with E-state index in [0.29, 0.717) is 0 Å². The molecule has 3 heterocycles. The Hall–Kier alpha value is -2.34. The molecule has 15 nitrogen and oxygen atoms in total. The number of oxime groups is 1. The van der Waals surface area contributed by atoms with Gasteiger partial charge in [-0.15, -0.1) is 23.1 Å². The number of thiazole rings is 1. The van der Waals surface area contributed by atoms with Gasteiger partial charge in [0.1, 0.15) is 30.1 Å². The van der Waals surface area contributed by atoms with Gasteiger partial charge in [0.15, 0.2) is 20.7 Å². The largest absolute Gasteiger partial charge is 1.00 e. The number of amides is 2. The number of rotatable bonds is 9. The quantitative estimate of drug-likeness (QED) is 0.0579. The van der Waals surface area contributed by atoms with E-state index in [-0.39, 0.29) is 57.4 Å². The molecule has 34 heavy (non-hydrogen) atoms. The van der Waals surface area contributed by atoms with Gasteiger partial charge in [0.2, 0.25) is 0 Å². The molecule has 3 rings (SSSR count). The Bertz CT molecular complexity index is 1220. The van der Waals surface area contributed by atoms with Gasteiger partial charge < -0.3 is 25.8 Å². The van der Waals surface area contributed by atoms with Crippen molar-refractivity contribution in [3.8, 4) is 0 Å². The number of nitrogen functional groups attached to an aromatic ring is 1. The normalized spacial score (nSPS) is 19.9. The molecule has 0 aromatic carbocycles. The van der Waals surface area contributed by atoms with E-state index < -0.39 is 56.4 Å². The summed E-state index contributed by atoms with van der Waals surface area (Å²) in [5.41, 5.74) is 13.1. The van der Waals surface area contributed by atoms with Crippen LogP contribution in [0, 0.1) is 0 Å². The summed E-state index contributed by atoms with van der Waals surface area (Å²) in [4.78, 5) is 49.0. The molecule has 176 valence electrons. The minimum Gasteiger partial charge on any atom is -0.543 e. The maximum absolute atomic E-state index is 12.7. The SMILES string of the molecule is CO/N=C(\C(=O)NC1C(=O)N2C(C(=O)[O-])=C(CS(=O)(=O)CN=[N+]=[N-])CS[C@H]12)c1csc(N)n1.[Na+]. The van der Waals surface area contributed by atoms with Crippen molar-refractivity contribution < 1.29 is 62.3 Å². The second-order valence-electron chi connectivity index (χ2n) is 6.54. The molecule has 0 radical (unpaired) electrons. The van der Waals surface area contributed by atoms with Gasteiger partial charge in [-0.25, -0.2) is 13.4 Å². The van der Waals surface area contributed by atoms with Crippen LogP contribution in [0.3, 0.4) is 0 Å². The average Bonchev–Trinajstić information content (AvgIpc) is 3.19. The Morgan fingerprint density at radius 3 is 2.76 bits per heavy atom. The number of aliphatic carboxylic acids is 1. The number of hydrogen-bond donors (Lipinski definition) is 2. The predicted molar refractivity (Wildman–Crippen MR) is 115 cm³/mol. The number of carboxylic acid groups (broad SMARTS) is 1. The third-order valence-corrected chi connectivity index (χ3v) is 7.71. The van der Waals surface area contributed by atoms with Crippen LogP contribution in [-0.2, 0) is 29.1 Å². The number of aromatic nitrogens is 1. The van der Waals surface area contributed by atoms with E-state index in [1.54, 1.807) is 0 Å². The first-order valence-electron chi connectivity index (χ1n) is 8.82. The van der Waals surface area contributed by atoms with E-state index in [1.165, 1.54) is 12.5 Å². The fourth-order valence-corrected chi connectivity index (χ4v) is 6.22. The van der Waals surface area contributed by atoms with Gasteiger partial charge in [-0.2, -0.15) is 0 Å². The number of carbonyl (C=O) groups is 3. The summed E-state index contributed by atoms with van der Waals surface area (Å²) >= 11 is 2.12. The standard InChI is InChI=1S/C15H16N8O7S3.Na/c1-30-21-8(7-3-32-15(16)19-7)11(24)20-9-12(25)23-10(14(26)27)6(2-31-13(9)23)4-33(28,29)5-18-22-17;/h3,9,13H,2,4-5H2,1H3,(H2,16,19)(H,20,24)(H,26,27);/q;+1/p-1/b21-8-;/t9?,13-;/m1./s1. The number of fused-ring (bicyclic) bond motifs is 1. The summed E-state index contributed by atoms with van der Waals surface area (Å²) in [5.74, 6) is -4.99. The monoisotopic (exact) mass is 538 g/mol. The zero-order chi connectivity index (χ0) is 24.3. The second-order valence-corrected chi connectivity index (χ2v) is 10.6. The Kier molecular flexibility index (Phi) is 9.35. The van der Waals surface area contributed by atoms with Crippen molar-refractivity contribution in [1.82, 2.24) is 15.2 Å². The van der Waals surface area contributed by atoms with E-state index in [9.17, 15) is 27.9 Å². The molecule has 0 aliphatic carbocycles. The van der Waals surface area contributed by atoms with Crippen LogP contribution in [0.1, 0.15) is 5.69 Å². The molecule has 0 bridgehead atoms. The number of thioether (sulfide) groups is 1. The minimum atomic E-state index is -3.96. The van der Waals surface area contributed by atoms with Crippen molar-refractivity contribution in [2.24, 2.45) is 10.3 Å². The van der Waals surface area contributed by atoms with Gasteiger partial charge in [0.05, 0.1) is 17.4 Å². The van der Waals surface area contributed by atoms with Gasteiger partial charge in [0, 0.05) is 16.0 Å². The third-order valence-electron chi connectivity index (χ3n) is 4.40. The first kappa shape index (κ1) is 27.9. The molecule has 3 N–H and O–H groups in total. The summed E-state index contributed by atoms with van der Waals surface area (Å²) < 4.78 is 24.2. The molecule has 2 atom stereocenters. The molecule has 1 fully saturated rings. The molecule has 1 aromatic heterocycles. The number of sulfone groups is 1. The van der Waals surface area contributed by atoms with E-state index in [4.69, 9.17) is 11.3 Å². The van der Waals surface area contributed by atoms with Crippen LogP contribution in [0.25, 0.3) is 10.4 Å². The van der Waals surface area contributed by atoms with Crippen molar-refractivity contribution in [3.05, 3.63) is 32.8 Å². The number of carboxylic acids is 1. The number of carbonyl (C=O) groups excluding carboxylic acids is 3. The van der Waals surface area contributed by atoms with Crippen LogP contribution in [0.4, 0.5) is 5.13 Å². The Labute approximate surface area is 222 Å². The van der Waals surface area contributed by atoms with Gasteiger partial charge in [-0.05, 0) is 11.1 Å². The number of anilines is 1. The summed E-state index contributed by atoms with van der Waals surface area (Å²) in [6, 6.07) is -1.11. The fraction of sp³-hybridized carbons (Fsp3) is 0.400. The number of azide groups is 1. The molecule has 0 saturated carbocycles. The molecule has 1 unspecified atom stereocenters. The van der Waals surface area contributed by atoms with E-state index in [1.807, 2.05) is 0 Å². The smallest absolute Gasteiger partial charge is 0.543 e. The molecule has 19 heteroatoms. The number of hydrogen-bond acceptors (Lipinski definition) is 13. The first-order chi connectivity index (χ1) is 15.6. The average molecular weight is 539 g/mol. The van der Waals surface area contributed by atoms with Crippen LogP contribution < -0.4 is 45.7 Å². The second kappa shape index (κ2) is 11.4. The summed E-state index contributed by atoms with van der Waals surface area (Å²) in [7, 11) is -2.75. The summed E-state index contributed by atoms with van der Waals surface area (Å²) in [6.45, 7) is 0. The third kappa shape index (κ3) is 5.83. The van der Waals surface area contributed by atoms with Crippen LogP contribution in [0.5, 0.6) is 0 Å². The molecular weight excluding hydrogens is 523 g/mol. The minimum absolute atomic E-state index is 0. The van der Waals surface area contributed by atoms with E-state index >= 15 is 0 Å². The number of β-lactam (4-membered cyclic amide) rings is 1. The fourth-order valence-electron chi connectivity index (χ4n) is 3.11. The zero-order valence-electron chi connectivity index (χ0n) is 17.7. The van der Waals surface area contributed by atoms with Crippen molar-refractivity contribution in [3.63, 3.8) is 0 Å². The summed E-state index contributed by atoms with van der Waals surface area (Å²) in [6.07, 6.45) is 0. The number of nitrogens with two attached hydrogens (primary N) is 1. The Morgan fingerprint density at radius 2 is 2.21 bits per heavy atom. The first-order valence-corrected chi connectivity index (χ1v) is 12.6. The number of nitrogens with one attached hydrogen (secondary N) is 1.